The maximum atomic E-state index is 12.7. The largest absolute Gasteiger partial charge is 0.356 e. The van der Waals surface area contributed by atoms with Crippen LogP contribution in [0.3, 0.4) is 0 Å². The van der Waals surface area contributed by atoms with Gasteiger partial charge in [0.15, 0.2) is 0 Å². The average molecular weight is 361 g/mol. The number of amides is 1. The Bertz CT molecular complexity index is 865. The number of sulfonamides is 1. The van der Waals surface area contributed by atoms with Crippen LogP contribution < -0.4 is 0 Å². The second kappa shape index (κ2) is 7.01. The second-order valence-corrected chi connectivity index (χ2v) is 8.41. The molecular weight excluding hydrogens is 338 g/mol. The molecule has 0 spiro atoms. The number of rotatable bonds is 4. The fourth-order valence-electron chi connectivity index (χ4n) is 3.04. The second-order valence-electron chi connectivity index (χ2n) is 6.44. The first kappa shape index (κ1) is 17.7. The molecule has 1 aromatic carbocycles. The van der Waals surface area contributed by atoms with Gasteiger partial charge in [0.1, 0.15) is 0 Å². The maximum absolute atomic E-state index is 12.7. The van der Waals surface area contributed by atoms with Crippen molar-refractivity contribution in [1.29, 1.82) is 0 Å². The highest BCUT2D eigenvalue weighted by Crippen LogP contribution is 2.17. The van der Waals surface area contributed by atoms with Crippen LogP contribution in [0.15, 0.2) is 42.7 Å². The van der Waals surface area contributed by atoms with Crippen LogP contribution in [0.2, 0.25) is 0 Å². The summed E-state index contributed by atoms with van der Waals surface area (Å²) in [5.74, 6) is -0.0386. The number of nitrogens with zero attached hydrogens (tertiary/aromatic N) is 3. The number of benzene rings is 1. The van der Waals surface area contributed by atoms with Crippen molar-refractivity contribution in [2.24, 2.45) is 7.05 Å². The smallest absolute Gasteiger partial charge is 0.255 e. The Hall–Kier alpha value is -2.12. The van der Waals surface area contributed by atoms with Gasteiger partial charge in [0, 0.05) is 45.6 Å². The average Bonchev–Trinajstić information content (AvgIpc) is 3.03. The van der Waals surface area contributed by atoms with Crippen LogP contribution in [0.25, 0.3) is 0 Å². The Morgan fingerprint density at radius 3 is 2.36 bits per heavy atom. The van der Waals surface area contributed by atoms with Crippen molar-refractivity contribution < 1.29 is 13.2 Å². The van der Waals surface area contributed by atoms with Crippen molar-refractivity contribution >= 4 is 15.9 Å². The SMILES string of the molecule is Cc1ccccc1CS(=O)(=O)N1CCN(C(=O)c2ccn(C)c2)CC1. The molecule has 2 aromatic rings. The molecule has 1 fully saturated rings. The van der Waals surface area contributed by atoms with Crippen LogP contribution in [-0.2, 0) is 22.8 Å². The van der Waals surface area contributed by atoms with Crippen molar-refractivity contribution in [2.45, 2.75) is 12.7 Å². The molecule has 1 amide bonds. The lowest BCUT2D eigenvalue weighted by atomic mass is 10.1. The lowest BCUT2D eigenvalue weighted by molar-refractivity contribution is 0.0698. The van der Waals surface area contributed by atoms with E-state index in [1.54, 1.807) is 17.2 Å². The number of piperazine rings is 1. The van der Waals surface area contributed by atoms with Crippen LogP contribution in [0.4, 0.5) is 0 Å². The third-order valence-electron chi connectivity index (χ3n) is 4.60. The quantitative estimate of drug-likeness (QED) is 0.831. The van der Waals surface area contributed by atoms with Crippen molar-refractivity contribution in [3.8, 4) is 0 Å². The van der Waals surface area contributed by atoms with E-state index in [9.17, 15) is 13.2 Å². The van der Waals surface area contributed by atoms with Gasteiger partial charge in [-0.25, -0.2) is 8.42 Å². The van der Waals surface area contributed by atoms with Gasteiger partial charge in [0.2, 0.25) is 10.0 Å². The third-order valence-corrected chi connectivity index (χ3v) is 6.43. The normalized spacial score (nSPS) is 16.2. The van der Waals surface area contributed by atoms with Gasteiger partial charge in [-0.15, -0.1) is 0 Å². The summed E-state index contributed by atoms with van der Waals surface area (Å²) in [6.07, 6.45) is 3.61. The summed E-state index contributed by atoms with van der Waals surface area (Å²) in [7, 11) is -1.51. The number of carbonyl (C=O) groups excluding carboxylic acids is 1. The molecule has 1 aliphatic rings. The van der Waals surface area contributed by atoms with E-state index in [-0.39, 0.29) is 11.7 Å². The highest BCUT2D eigenvalue weighted by molar-refractivity contribution is 7.88. The topological polar surface area (TPSA) is 62.6 Å². The molecule has 0 radical (unpaired) electrons. The first-order valence-corrected chi connectivity index (χ1v) is 9.91. The third kappa shape index (κ3) is 3.93. The summed E-state index contributed by atoms with van der Waals surface area (Å²) in [4.78, 5) is 14.2. The molecule has 0 unspecified atom stereocenters. The molecule has 1 aromatic heterocycles. The molecule has 134 valence electrons. The lowest BCUT2D eigenvalue weighted by Crippen LogP contribution is -2.50. The minimum absolute atomic E-state index is 0.00625. The molecule has 1 saturated heterocycles. The monoisotopic (exact) mass is 361 g/mol. The highest BCUT2D eigenvalue weighted by Gasteiger charge is 2.29. The Balaban J connectivity index is 1.63. The standard InChI is InChI=1S/C18H23N3O3S/c1-15-5-3-4-6-17(15)14-25(23,24)21-11-9-20(10-12-21)18(22)16-7-8-19(2)13-16/h3-8,13H,9-12,14H2,1-2H3. The summed E-state index contributed by atoms with van der Waals surface area (Å²) in [6.45, 7) is 3.43. The number of hydrogen-bond acceptors (Lipinski definition) is 3. The summed E-state index contributed by atoms with van der Waals surface area (Å²) in [5, 5.41) is 0. The van der Waals surface area contributed by atoms with E-state index in [1.807, 2.05) is 49.0 Å². The minimum atomic E-state index is -3.38. The molecule has 0 bridgehead atoms. The first-order chi connectivity index (χ1) is 11.9. The maximum Gasteiger partial charge on any atom is 0.255 e. The van der Waals surface area contributed by atoms with E-state index in [2.05, 4.69) is 0 Å². The summed E-state index contributed by atoms with van der Waals surface area (Å²) >= 11 is 0. The zero-order valence-corrected chi connectivity index (χ0v) is 15.4. The zero-order chi connectivity index (χ0) is 18.0. The van der Waals surface area contributed by atoms with E-state index in [1.165, 1.54) is 4.31 Å². The Morgan fingerprint density at radius 1 is 1.08 bits per heavy atom. The lowest BCUT2D eigenvalue weighted by Gasteiger charge is -2.34. The highest BCUT2D eigenvalue weighted by atomic mass is 32.2. The first-order valence-electron chi connectivity index (χ1n) is 8.30. The van der Waals surface area contributed by atoms with E-state index in [0.717, 1.165) is 11.1 Å². The minimum Gasteiger partial charge on any atom is -0.356 e. The van der Waals surface area contributed by atoms with Crippen LogP contribution in [0.5, 0.6) is 0 Å². The van der Waals surface area contributed by atoms with Gasteiger partial charge in [0.25, 0.3) is 5.91 Å². The van der Waals surface area contributed by atoms with Crippen molar-refractivity contribution in [1.82, 2.24) is 13.8 Å². The molecule has 2 heterocycles. The van der Waals surface area contributed by atoms with Crippen molar-refractivity contribution in [3.63, 3.8) is 0 Å². The van der Waals surface area contributed by atoms with Crippen LogP contribution in [0, 0.1) is 6.92 Å². The number of aryl methyl sites for hydroxylation is 2. The molecule has 3 rings (SSSR count). The van der Waals surface area contributed by atoms with Gasteiger partial charge in [0.05, 0.1) is 11.3 Å². The summed E-state index contributed by atoms with van der Waals surface area (Å²) < 4.78 is 28.7. The molecule has 7 heteroatoms. The molecular formula is C18H23N3O3S. The van der Waals surface area contributed by atoms with Gasteiger partial charge in [-0.05, 0) is 24.1 Å². The van der Waals surface area contributed by atoms with E-state index in [4.69, 9.17) is 0 Å². The zero-order valence-electron chi connectivity index (χ0n) is 14.6. The Morgan fingerprint density at radius 2 is 1.76 bits per heavy atom. The van der Waals surface area contributed by atoms with Crippen molar-refractivity contribution in [2.75, 3.05) is 26.2 Å². The number of hydrogen-bond donors (Lipinski definition) is 0. The number of aromatic nitrogens is 1. The molecule has 1 aliphatic heterocycles. The van der Waals surface area contributed by atoms with Gasteiger partial charge < -0.3 is 9.47 Å². The van der Waals surface area contributed by atoms with Gasteiger partial charge >= 0.3 is 0 Å². The number of carbonyl (C=O) groups is 1. The molecule has 0 atom stereocenters. The van der Waals surface area contributed by atoms with E-state index < -0.39 is 10.0 Å². The van der Waals surface area contributed by atoms with E-state index in [0.29, 0.717) is 31.7 Å². The predicted octanol–water partition coefficient (Wildman–Crippen LogP) is 1.62. The van der Waals surface area contributed by atoms with Gasteiger partial charge in [-0.1, -0.05) is 24.3 Å². The van der Waals surface area contributed by atoms with E-state index >= 15 is 0 Å². The predicted molar refractivity (Wildman–Crippen MR) is 96.7 cm³/mol. The van der Waals surface area contributed by atoms with Crippen molar-refractivity contribution in [3.05, 3.63) is 59.4 Å². The van der Waals surface area contributed by atoms with Gasteiger partial charge in [-0.3, -0.25) is 4.79 Å². The molecule has 0 saturated carbocycles. The fourth-order valence-corrected chi connectivity index (χ4v) is 4.66. The van der Waals surface area contributed by atoms with Crippen LogP contribution in [-0.4, -0.2) is 54.3 Å². The van der Waals surface area contributed by atoms with Gasteiger partial charge in [-0.2, -0.15) is 4.31 Å². The molecule has 25 heavy (non-hydrogen) atoms. The van der Waals surface area contributed by atoms with Crippen LogP contribution >= 0.6 is 0 Å². The summed E-state index contributed by atoms with van der Waals surface area (Å²) in [5.41, 5.74) is 2.44. The van der Waals surface area contributed by atoms with Crippen LogP contribution in [0.1, 0.15) is 21.5 Å². The fraction of sp³-hybridized carbons (Fsp3) is 0.389. The molecule has 0 N–H and O–H groups in total. The Kier molecular flexibility index (Phi) is 4.96. The summed E-state index contributed by atoms with van der Waals surface area (Å²) in [6, 6.07) is 9.31. The molecule has 6 nitrogen and oxygen atoms in total. The Labute approximate surface area is 148 Å². The molecule has 0 aliphatic carbocycles.